The van der Waals surface area contributed by atoms with Gasteiger partial charge in [0.2, 0.25) is 0 Å². The summed E-state index contributed by atoms with van der Waals surface area (Å²) in [4.78, 5) is 28.4. The van der Waals surface area contributed by atoms with E-state index in [-0.39, 0.29) is 39.8 Å². The summed E-state index contributed by atoms with van der Waals surface area (Å²) in [6.07, 6.45) is -0.182. The molecule has 1 N–H and O–H groups in total. The zero-order valence-electron chi connectivity index (χ0n) is 14.7. The fraction of sp³-hybridized carbons (Fsp3) is 0.278. The third kappa shape index (κ3) is 3.72. The van der Waals surface area contributed by atoms with E-state index in [1.165, 1.54) is 18.6 Å². The van der Waals surface area contributed by atoms with Gasteiger partial charge in [-0.2, -0.15) is 8.78 Å². The number of allylic oxidation sites excluding steroid dienone is 4. The molecule has 6 nitrogen and oxygen atoms in total. The Morgan fingerprint density at radius 2 is 2.14 bits per heavy atom. The minimum Gasteiger partial charge on any atom is -0.495 e. The van der Waals surface area contributed by atoms with E-state index in [4.69, 9.17) is 21.4 Å². The fourth-order valence-corrected chi connectivity index (χ4v) is 4.24. The summed E-state index contributed by atoms with van der Waals surface area (Å²) in [5.74, 6) is -1.38. The fourth-order valence-electron chi connectivity index (χ4n) is 3.08. The van der Waals surface area contributed by atoms with Gasteiger partial charge in [-0.1, -0.05) is 11.6 Å². The number of ketones is 1. The standard InChI is InChI=1S/C18H14ClF2NO5S/c1-7-9(5-12(23)24)14-11(22-7)4-10(17(26-2)15(14)19)16(25)8-3-13(28-6-8)27-18(20)21/h3,6,18H,4-5H2,1-2H3,(H,23,24). The number of hydrogen-bond acceptors (Lipinski definition) is 6. The van der Waals surface area contributed by atoms with Crippen molar-refractivity contribution in [2.75, 3.05) is 7.11 Å². The average molecular weight is 430 g/mol. The van der Waals surface area contributed by atoms with Crippen molar-refractivity contribution in [2.45, 2.75) is 26.4 Å². The van der Waals surface area contributed by atoms with Crippen LogP contribution in [0.5, 0.6) is 5.06 Å². The van der Waals surface area contributed by atoms with Gasteiger partial charge in [-0.15, -0.1) is 11.3 Å². The predicted octanol–water partition coefficient (Wildman–Crippen LogP) is 4.53. The number of fused-ring (bicyclic) bond motifs is 1. The Kier molecular flexibility index (Phi) is 5.66. The highest BCUT2D eigenvalue weighted by atomic mass is 35.5. The summed E-state index contributed by atoms with van der Waals surface area (Å²) in [7, 11) is 1.34. The van der Waals surface area contributed by atoms with Crippen LogP contribution < -0.4 is 4.74 Å². The molecule has 0 saturated heterocycles. The van der Waals surface area contributed by atoms with E-state index in [2.05, 4.69) is 9.73 Å². The van der Waals surface area contributed by atoms with Gasteiger partial charge >= 0.3 is 12.6 Å². The molecule has 28 heavy (non-hydrogen) atoms. The molecule has 3 rings (SSSR count). The van der Waals surface area contributed by atoms with Crippen LogP contribution in [-0.2, 0) is 9.53 Å². The zero-order chi connectivity index (χ0) is 20.6. The van der Waals surface area contributed by atoms with Crippen molar-refractivity contribution < 1.29 is 33.0 Å². The molecule has 1 aromatic rings. The number of aliphatic carboxylic acids is 1. The van der Waals surface area contributed by atoms with Crippen LogP contribution in [0.15, 0.2) is 49.6 Å². The van der Waals surface area contributed by atoms with E-state index in [0.717, 1.165) is 11.3 Å². The first-order chi connectivity index (χ1) is 13.2. The Morgan fingerprint density at radius 1 is 1.43 bits per heavy atom. The van der Waals surface area contributed by atoms with Gasteiger partial charge in [-0.3, -0.25) is 14.6 Å². The Labute approximate surface area is 167 Å². The van der Waals surface area contributed by atoms with Crippen molar-refractivity contribution in [1.82, 2.24) is 0 Å². The first-order valence-electron chi connectivity index (χ1n) is 7.98. The molecule has 0 saturated carbocycles. The number of ether oxygens (including phenoxy) is 2. The molecule has 0 aromatic carbocycles. The third-order valence-electron chi connectivity index (χ3n) is 4.22. The van der Waals surface area contributed by atoms with Crippen LogP contribution >= 0.6 is 22.9 Å². The number of thiophene rings is 1. The maximum Gasteiger partial charge on any atom is 0.388 e. The quantitative estimate of drug-likeness (QED) is 0.643. The Balaban J connectivity index is 2.00. The monoisotopic (exact) mass is 429 g/mol. The second-order valence-corrected chi connectivity index (χ2v) is 7.18. The SMILES string of the molecule is COC1=C(C(=O)c2csc(OC(F)F)c2)CC2=NC(C)=C(CC(=O)O)C2=C1Cl. The zero-order valence-corrected chi connectivity index (χ0v) is 16.3. The Bertz CT molecular complexity index is 990. The molecule has 148 valence electrons. The summed E-state index contributed by atoms with van der Waals surface area (Å²) in [5.41, 5.74) is 2.28. The Morgan fingerprint density at radius 3 is 2.75 bits per heavy atom. The van der Waals surface area contributed by atoms with Crippen LogP contribution in [0.1, 0.15) is 30.1 Å². The minimum atomic E-state index is -2.99. The average Bonchev–Trinajstić information content (AvgIpc) is 3.18. The number of methoxy groups -OCH3 is 1. The molecule has 0 unspecified atom stereocenters. The van der Waals surface area contributed by atoms with Gasteiger partial charge in [0.05, 0.1) is 24.3 Å². The highest BCUT2D eigenvalue weighted by molar-refractivity contribution is 7.12. The van der Waals surface area contributed by atoms with Crippen LogP contribution in [0.4, 0.5) is 8.78 Å². The maximum atomic E-state index is 12.9. The van der Waals surface area contributed by atoms with E-state index in [0.29, 0.717) is 22.6 Å². The Hall–Kier alpha value is -2.52. The largest absolute Gasteiger partial charge is 0.495 e. The number of halogens is 3. The highest BCUT2D eigenvalue weighted by Gasteiger charge is 2.36. The number of nitrogens with zero attached hydrogens (tertiary/aromatic N) is 1. The number of carbonyl (C=O) groups is 2. The second kappa shape index (κ2) is 7.84. The second-order valence-electron chi connectivity index (χ2n) is 5.93. The van der Waals surface area contributed by atoms with Gasteiger partial charge in [0.25, 0.3) is 0 Å². The molecule has 2 heterocycles. The minimum absolute atomic E-state index is 0.0783. The summed E-state index contributed by atoms with van der Waals surface area (Å²) < 4.78 is 34.3. The van der Waals surface area contributed by atoms with Gasteiger partial charge < -0.3 is 14.6 Å². The van der Waals surface area contributed by atoms with Crippen molar-refractivity contribution in [2.24, 2.45) is 4.99 Å². The van der Waals surface area contributed by atoms with Crippen LogP contribution in [-0.4, -0.2) is 36.3 Å². The molecule has 1 aliphatic heterocycles. The first-order valence-corrected chi connectivity index (χ1v) is 9.23. The van der Waals surface area contributed by atoms with E-state index < -0.39 is 18.4 Å². The molecule has 1 aromatic heterocycles. The molecule has 0 atom stereocenters. The summed E-state index contributed by atoms with van der Waals surface area (Å²) in [5, 5.41) is 10.6. The van der Waals surface area contributed by atoms with Crippen molar-refractivity contribution in [1.29, 1.82) is 0 Å². The lowest BCUT2D eigenvalue weighted by molar-refractivity contribution is -0.136. The molecular weight excluding hydrogens is 416 g/mol. The van der Waals surface area contributed by atoms with Gasteiger partial charge in [0.15, 0.2) is 10.8 Å². The van der Waals surface area contributed by atoms with Crippen molar-refractivity contribution in [3.05, 3.63) is 50.2 Å². The molecule has 0 radical (unpaired) electrons. The lowest BCUT2D eigenvalue weighted by atomic mass is 9.87. The molecular formula is C18H14ClF2NO5S. The normalized spacial score (nSPS) is 16.6. The summed E-state index contributed by atoms with van der Waals surface area (Å²) >= 11 is 7.31. The molecule has 0 spiro atoms. The molecule has 0 bridgehead atoms. The molecule has 10 heteroatoms. The summed E-state index contributed by atoms with van der Waals surface area (Å²) in [6.45, 7) is -1.32. The number of carboxylic acids is 1. The van der Waals surface area contributed by atoms with Crippen molar-refractivity contribution in [3.8, 4) is 5.06 Å². The van der Waals surface area contributed by atoms with E-state index in [9.17, 15) is 18.4 Å². The van der Waals surface area contributed by atoms with E-state index >= 15 is 0 Å². The van der Waals surface area contributed by atoms with Crippen molar-refractivity contribution in [3.63, 3.8) is 0 Å². The van der Waals surface area contributed by atoms with E-state index in [1.54, 1.807) is 6.92 Å². The topological polar surface area (TPSA) is 85.2 Å². The van der Waals surface area contributed by atoms with Crippen molar-refractivity contribution >= 4 is 40.4 Å². The predicted molar refractivity (Wildman–Crippen MR) is 99.2 cm³/mol. The number of hydrogen-bond donors (Lipinski definition) is 1. The lowest BCUT2D eigenvalue weighted by Gasteiger charge is -2.21. The third-order valence-corrected chi connectivity index (χ3v) is 5.39. The van der Waals surface area contributed by atoms with Crippen LogP contribution in [0.25, 0.3) is 0 Å². The number of carbonyl (C=O) groups excluding carboxylic acids is 1. The summed E-state index contributed by atoms with van der Waals surface area (Å²) in [6, 6.07) is 1.22. The highest BCUT2D eigenvalue weighted by Crippen LogP contribution is 2.42. The van der Waals surface area contributed by atoms with Gasteiger partial charge in [0.1, 0.15) is 5.76 Å². The smallest absolute Gasteiger partial charge is 0.388 e. The number of Topliss-reactive ketones (excluding diaryl/α,β-unsaturated/α-hetero) is 1. The first kappa shape index (κ1) is 20.2. The van der Waals surface area contributed by atoms with Crippen LogP contribution in [0.3, 0.4) is 0 Å². The number of rotatable bonds is 7. The molecule has 1 aliphatic carbocycles. The van der Waals surface area contributed by atoms with Crippen LogP contribution in [0, 0.1) is 0 Å². The van der Waals surface area contributed by atoms with Crippen LogP contribution in [0.2, 0.25) is 0 Å². The van der Waals surface area contributed by atoms with E-state index in [1.807, 2.05) is 0 Å². The molecule has 2 aliphatic rings. The van der Waals surface area contributed by atoms with Gasteiger partial charge in [0, 0.05) is 40.3 Å². The lowest BCUT2D eigenvalue weighted by Crippen LogP contribution is -2.19. The van der Waals surface area contributed by atoms with Gasteiger partial charge in [-0.25, -0.2) is 0 Å². The molecule has 0 fully saturated rings. The molecule has 0 amide bonds. The number of carboxylic acid groups (broad SMARTS) is 1. The number of alkyl halides is 2. The number of aliphatic imine (C=N–C) groups is 1. The maximum absolute atomic E-state index is 12.9. The van der Waals surface area contributed by atoms with Gasteiger partial charge in [-0.05, 0) is 12.5 Å².